The molecular formula is C7H10O2. The summed E-state index contributed by atoms with van der Waals surface area (Å²) in [6.45, 7) is 3.50. The Morgan fingerprint density at radius 2 is 2.22 bits per heavy atom. The van der Waals surface area contributed by atoms with E-state index in [4.69, 9.17) is 5.11 Å². The van der Waals surface area contributed by atoms with E-state index in [1.807, 2.05) is 0 Å². The summed E-state index contributed by atoms with van der Waals surface area (Å²) >= 11 is 0. The van der Waals surface area contributed by atoms with Gasteiger partial charge in [0.25, 0.3) is 0 Å². The number of allylic oxidation sites excluding steroid dienone is 2. The van der Waals surface area contributed by atoms with E-state index in [2.05, 4.69) is 6.58 Å². The van der Waals surface area contributed by atoms with Gasteiger partial charge in [-0.15, -0.1) is 6.58 Å². The molecule has 0 unspecified atom stereocenters. The second-order valence-corrected chi connectivity index (χ2v) is 1.61. The average molecular weight is 126 g/mol. The number of carboxylic acid groups (broad SMARTS) is 1. The van der Waals surface area contributed by atoms with Crippen LogP contribution in [0, 0.1) is 0 Å². The molecule has 1 N–H and O–H groups in total. The van der Waals surface area contributed by atoms with E-state index in [1.54, 1.807) is 12.2 Å². The van der Waals surface area contributed by atoms with Crippen molar-refractivity contribution in [3.05, 3.63) is 24.8 Å². The van der Waals surface area contributed by atoms with Crippen molar-refractivity contribution in [3.63, 3.8) is 0 Å². The van der Waals surface area contributed by atoms with Crippen LogP contribution in [0.25, 0.3) is 0 Å². The first-order valence-electron chi connectivity index (χ1n) is 2.77. The van der Waals surface area contributed by atoms with Crippen molar-refractivity contribution in [3.8, 4) is 0 Å². The molecule has 0 amide bonds. The highest BCUT2D eigenvalue weighted by Crippen LogP contribution is 1.89. The first-order valence-corrected chi connectivity index (χ1v) is 2.77. The summed E-state index contributed by atoms with van der Waals surface area (Å²) in [5.41, 5.74) is 0. The second kappa shape index (κ2) is 5.09. The van der Waals surface area contributed by atoms with Gasteiger partial charge in [0, 0.05) is 6.08 Å². The summed E-state index contributed by atoms with van der Waals surface area (Å²) in [5, 5.41) is 8.10. The van der Waals surface area contributed by atoms with Gasteiger partial charge in [-0.2, -0.15) is 0 Å². The van der Waals surface area contributed by atoms with E-state index in [-0.39, 0.29) is 0 Å². The minimum atomic E-state index is -0.890. The number of hydrogen-bond donors (Lipinski definition) is 1. The molecule has 50 valence electrons. The average Bonchev–Trinajstić information content (AvgIpc) is 1.80. The summed E-state index contributed by atoms with van der Waals surface area (Å²) in [6.07, 6.45) is 6.11. The third-order valence-electron chi connectivity index (χ3n) is 0.798. The van der Waals surface area contributed by atoms with Gasteiger partial charge in [0.2, 0.25) is 0 Å². The fourth-order valence-electron chi connectivity index (χ4n) is 0.398. The van der Waals surface area contributed by atoms with Gasteiger partial charge in [0.15, 0.2) is 0 Å². The third kappa shape index (κ3) is 6.95. The van der Waals surface area contributed by atoms with Crippen molar-refractivity contribution in [2.45, 2.75) is 12.8 Å². The highest BCUT2D eigenvalue weighted by molar-refractivity contribution is 5.79. The molecule has 0 aromatic heterocycles. The fourth-order valence-corrected chi connectivity index (χ4v) is 0.398. The number of hydrogen-bond acceptors (Lipinski definition) is 1. The predicted molar refractivity (Wildman–Crippen MR) is 36.2 cm³/mol. The standard InChI is InChI=1S/C7H10O2/c1-2-3-4-5-6-7(8)9/h2,5-6H,1,3-4H2,(H,8,9). The van der Waals surface area contributed by atoms with Crippen molar-refractivity contribution in [1.82, 2.24) is 0 Å². The smallest absolute Gasteiger partial charge is 0.327 e. The Balaban J connectivity index is 3.24. The van der Waals surface area contributed by atoms with Gasteiger partial charge in [0.05, 0.1) is 0 Å². The molecule has 0 saturated carbocycles. The minimum absolute atomic E-state index is 0.760. The van der Waals surface area contributed by atoms with Crippen molar-refractivity contribution < 1.29 is 9.90 Å². The maximum absolute atomic E-state index is 9.85. The van der Waals surface area contributed by atoms with Crippen molar-refractivity contribution in [2.75, 3.05) is 0 Å². The lowest BCUT2D eigenvalue weighted by molar-refractivity contribution is -0.131. The van der Waals surface area contributed by atoms with Gasteiger partial charge in [-0.25, -0.2) is 4.79 Å². The summed E-state index contributed by atoms with van der Waals surface area (Å²) in [5.74, 6) is -0.890. The molecule has 2 heteroatoms. The van der Waals surface area contributed by atoms with E-state index < -0.39 is 5.97 Å². The van der Waals surface area contributed by atoms with Crippen LogP contribution in [0.3, 0.4) is 0 Å². The Morgan fingerprint density at radius 1 is 1.56 bits per heavy atom. The predicted octanol–water partition coefficient (Wildman–Crippen LogP) is 1.59. The molecule has 0 aromatic rings. The van der Waals surface area contributed by atoms with Gasteiger partial charge in [-0.1, -0.05) is 12.2 Å². The highest BCUT2D eigenvalue weighted by atomic mass is 16.4. The van der Waals surface area contributed by atoms with Crippen molar-refractivity contribution in [2.24, 2.45) is 0 Å². The molecule has 0 aliphatic heterocycles. The van der Waals surface area contributed by atoms with Crippen molar-refractivity contribution >= 4 is 5.97 Å². The van der Waals surface area contributed by atoms with Crippen molar-refractivity contribution in [1.29, 1.82) is 0 Å². The zero-order valence-electron chi connectivity index (χ0n) is 5.21. The molecule has 0 heterocycles. The van der Waals surface area contributed by atoms with Crippen LogP contribution >= 0.6 is 0 Å². The molecule has 0 aliphatic rings. The molecule has 0 aromatic carbocycles. The van der Waals surface area contributed by atoms with E-state index in [0.29, 0.717) is 0 Å². The van der Waals surface area contributed by atoms with Crippen LogP contribution in [0.15, 0.2) is 24.8 Å². The number of rotatable bonds is 4. The lowest BCUT2D eigenvalue weighted by Gasteiger charge is -1.81. The van der Waals surface area contributed by atoms with Crippen LogP contribution in [0.2, 0.25) is 0 Å². The van der Waals surface area contributed by atoms with E-state index >= 15 is 0 Å². The Bertz CT molecular complexity index is 125. The number of carbonyl (C=O) groups is 1. The van der Waals surface area contributed by atoms with Gasteiger partial charge in [-0.3, -0.25) is 0 Å². The first kappa shape index (κ1) is 7.95. The Hall–Kier alpha value is -1.05. The van der Waals surface area contributed by atoms with Gasteiger partial charge in [0.1, 0.15) is 0 Å². The molecule has 0 rings (SSSR count). The largest absolute Gasteiger partial charge is 0.478 e. The highest BCUT2D eigenvalue weighted by Gasteiger charge is 1.81. The van der Waals surface area contributed by atoms with Crippen LogP contribution in [-0.4, -0.2) is 11.1 Å². The number of carboxylic acids is 1. The molecule has 2 nitrogen and oxygen atoms in total. The molecule has 9 heavy (non-hydrogen) atoms. The zero-order valence-corrected chi connectivity index (χ0v) is 5.21. The minimum Gasteiger partial charge on any atom is -0.478 e. The molecule has 0 spiro atoms. The lowest BCUT2D eigenvalue weighted by atomic mass is 10.3. The van der Waals surface area contributed by atoms with Crippen LogP contribution in [0.5, 0.6) is 0 Å². The van der Waals surface area contributed by atoms with Crippen LogP contribution < -0.4 is 0 Å². The molecular weight excluding hydrogens is 116 g/mol. The summed E-state index contributed by atoms with van der Waals surface area (Å²) in [4.78, 5) is 9.85. The van der Waals surface area contributed by atoms with Crippen LogP contribution in [0.1, 0.15) is 12.8 Å². The topological polar surface area (TPSA) is 37.3 Å². The summed E-state index contributed by atoms with van der Waals surface area (Å²) < 4.78 is 0. The molecule has 0 saturated heterocycles. The van der Waals surface area contributed by atoms with Crippen LogP contribution in [0.4, 0.5) is 0 Å². The van der Waals surface area contributed by atoms with E-state index in [9.17, 15) is 4.79 Å². The maximum Gasteiger partial charge on any atom is 0.327 e. The quantitative estimate of drug-likeness (QED) is 0.353. The molecule has 0 fully saturated rings. The molecule has 0 radical (unpaired) electrons. The number of unbranched alkanes of at least 4 members (excludes halogenated alkanes) is 1. The zero-order chi connectivity index (χ0) is 7.11. The van der Waals surface area contributed by atoms with Crippen LogP contribution in [-0.2, 0) is 4.79 Å². The Morgan fingerprint density at radius 3 is 2.67 bits per heavy atom. The SMILES string of the molecule is C=CCCC=CC(=O)O. The van der Waals surface area contributed by atoms with Gasteiger partial charge in [-0.05, 0) is 12.8 Å². The summed E-state index contributed by atoms with van der Waals surface area (Å²) in [7, 11) is 0. The molecule has 0 bridgehead atoms. The lowest BCUT2D eigenvalue weighted by Crippen LogP contribution is -1.84. The first-order chi connectivity index (χ1) is 4.27. The maximum atomic E-state index is 9.85. The van der Waals surface area contributed by atoms with E-state index in [0.717, 1.165) is 18.9 Å². The third-order valence-corrected chi connectivity index (χ3v) is 0.798. The number of aliphatic carboxylic acids is 1. The Labute approximate surface area is 54.5 Å². The van der Waals surface area contributed by atoms with Gasteiger partial charge >= 0.3 is 5.97 Å². The summed E-state index contributed by atoms with van der Waals surface area (Å²) in [6, 6.07) is 0. The monoisotopic (exact) mass is 126 g/mol. The van der Waals surface area contributed by atoms with E-state index in [1.165, 1.54) is 0 Å². The normalized spacial score (nSPS) is 9.78. The second-order valence-electron chi connectivity index (χ2n) is 1.61. The molecule has 0 atom stereocenters. The Kier molecular flexibility index (Phi) is 4.50. The van der Waals surface area contributed by atoms with Gasteiger partial charge < -0.3 is 5.11 Å². The molecule has 0 aliphatic carbocycles. The fraction of sp³-hybridized carbons (Fsp3) is 0.286.